The molecule has 0 aromatic heterocycles. The highest BCUT2D eigenvalue weighted by Gasteiger charge is 2.15. The Labute approximate surface area is 185 Å². The molecular formula is C23H20Cl2N2O3. The second kappa shape index (κ2) is 10.1. The van der Waals surface area contributed by atoms with E-state index in [1.807, 2.05) is 37.3 Å². The van der Waals surface area contributed by atoms with Gasteiger partial charge in [0.1, 0.15) is 11.9 Å². The molecule has 1 atom stereocenters. The lowest BCUT2D eigenvalue weighted by molar-refractivity contribution is 0.0967. The minimum absolute atomic E-state index is 0.140. The van der Waals surface area contributed by atoms with Crippen LogP contribution in [0.25, 0.3) is 0 Å². The van der Waals surface area contributed by atoms with E-state index in [0.717, 1.165) is 12.0 Å². The molecule has 0 fully saturated rings. The Morgan fingerprint density at radius 3 is 2.30 bits per heavy atom. The van der Waals surface area contributed by atoms with Crippen molar-refractivity contribution in [3.63, 3.8) is 0 Å². The summed E-state index contributed by atoms with van der Waals surface area (Å²) < 4.78 is 6.05. The SMILES string of the molecule is CCC(Oc1ccc(NC(=O)NC(=O)c2ccccc2Cl)cc1Cl)c1ccccc1. The fraction of sp³-hybridized carbons (Fsp3) is 0.130. The number of amides is 3. The molecule has 0 heterocycles. The van der Waals surface area contributed by atoms with Crippen LogP contribution in [0.3, 0.4) is 0 Å². The molecule has 3 amide bonds. The molecule has 0 bridgehead atoms. The van der Waals surface area contributed by atoms with Crippen LogP contribution >= 0.6 is 23.2 Å². The molecule has 0 aliphatic rings. The average molecular weight is 443 g/mol. The largest absolute Gasteiger partial charge is 0.484 e. The molecule has 0 spiro atoms. The Morgan fingerprint density at radius 1 is 0.933 bits per heavy atom. The van der Waals surface area contributed by atoms with Crippen molar-refractivity contribution in [3.05, 3.63) is 94.0 Å². The van der Waals surface area contributed by atoms with Gasteiger partial charge in [0.15, 0.2) is 0 Å². The number of anilines is 1. The first kappa shape index (κ1) is 21.7. The third-order valence-corrected chi connectivity index (χ3v) is 4.97. The van der Waals surface area contributed by atoms with Crippen LogP contribution in [0.5, 0.6) is 5.75 Å². The molecule has 0 aliphatic heterocycles. The zero-order valence-corrected chi connectivity index (χ0v) is 17.7. The minimum atomic E-state index is -0.694. The van der Waals surface area contributed by atoms with E-state index in [-0.39, 0.29) is 16.7 Å². The van der Waals surface area contributed by atoms with Crippen LogP contribution < -0.4 is 15.4 Å². The predicted octanol–water partition coefficient (Wildman–Crippen LogP) is 6.49. The Balaban J connectivity index is 1.64. The Bertz CT molecular complexity index is 1040. The number of urea groups is 1. The zero-order valence-electron chi connectivity index (χ0n) is 16.2. The third-order valence-electron chi connectivity index (χ3n) is 4.35. The van der Waals surface area contributed by atoms with Crippen molar-refractivity contribution < 1.29 is 14.3 Å². The fourth-order valence-electron chi connectivity index (χ4n) is 2.86. The summed E-state index contributed by atoms with van der Waals surface area (Å²) in [7, 11) is 0. The van der Waals surface area contributed by atoms with Crippen LogP contribution in [0.4, 0.5) is 10.5 Å². The van der Waals surface area contributed by atoms with Gasteiger partial charge in [0.05, 0.1) is 15.6 Å². The van der Waals surface area contributed by atoms with Crippen LogP contribution in [-0.2, 0) is 0 Å². The summed E-state index contributed by atoms with van der Waals surface area (Å²) in [6, 6.07) is 20.5. The van der Waals surface area contributed by atoms with Crippen molar-refractivity contribution in [3.8, 4) is 5.75 Å². The van der Waals surface area contributed by atoms with Gasteiger partial charge in [-0.1, -0.05) is 72.6 Å². The molecule has 7 heteroatoms. The van der Waals surface area contributed by atoms with Crippen molar-refractivity contribution >= 4 is 40.8 Å². The van der Waals surface area contributed by atoms with E-state index < -0.39 is 11.9 Å². The Kier molecular flexibility index (Phi) is 7.33. The first-order chi connectivity index (χ1) is 14.5. The van der Waals surface area contributed by atoms with Gasteiger partial charge in [-0.15, -0.1) is 0 Å². The maximum absolute atomic E-state index is 12.2. The normalized spacial score (nSPS) is 11.4. The lowest BCUT2D eigenvalue weighted by Gasteiger charge is -2.19. The molecule has 1 unspecified atom stereocenters. The van der Waals surface area contributed by atoms with Crippen LogP contribution in [0, 0.1) is 0 Å². The molecule has 5 nitrogen and oxygen atoms in total. The van der Waals surface area contributed by atoms with Gasteiger partial charge in [0.25, 0.3) is 5.91 Å². The summed E-state index contributed by atoms with van der Waals surface area (Å²) >= 11 is 12.3. The molecule has 30 heavy (non-hydrogen) atoms. The summed E-state index contributed by atoms with van der Waals surface area (Å²) in [6.45, 7) is 2.03. The molecule has 154 valence electrons. The van der Waals surface area contributed by atoms with E-state index in [1.54, 1.807) is 36.4 Å². The van der Waals surface area contributed by atoms with Crippen molar-refractivity contribution in [1.29, 1.82) is 0 Å². The van der Waals surface area contributed by atoms with Gasteiger partial charge in [0.2, 0.25) is 0 Å². The number of halogens is 2. The fourth-order valence-corrected chi connectivity index (χ4v) is 3.31. The monoisotopic (exact) mass is 442 g/mol. The van der Waals surface area contributed by atoms with E-state index in [4.69, 9.17) is 27.9 Å². The van der Waals surface area contributed by atoms with Gasteiger partial charge in [-0.25, -0.2) is 4.79 Å². The highest BCUT2D eigenvalue weighted by molar-refractivity contribution is 6.34. The number of carbonyl (C=O) groups excluding carboxylic acids is 2. The summed E-state index contributed by atoms with van der Waals surface area (Å²) in [6.07, 6.45) is 0.631. The highest BCUT2D eigenvalue weighted by atomic mass is 35.5. The number of carbonyl (C=O) groups is 2. The number of ether oxygens (including phenoxy) is 1. The van der Waals surface area contributed by atoms with Crippen molar-refractivity contribution in [2.24, 2.45) is 0 Å². The Morgan fingerprint density at radius 2 is 1.63 bits per heavy atom. The van der Waals surface area contributed by atoms with Gasteiger partial charge in [0, 0.05) is 5.69 Å². The molecule has 0 aliphatic carbocycles. The number of rotatable bonds is 6. The second-order valence-corrected chi connectivity index (χ2v) is 7.27. The molecule has 2 N–H and O–H groups in total. The second-order valence-electron chi connectivity index (χ2n) is 6.46. The molecular weight excluding hydrogens is 423 g/mol. The first-order valence-corrected chi connectivity index (χ1v) is 10.1. The summed E-state index contributed by atoms with van der Waals surface area (Å²) in [5.41, 5.74) is 1.68. The van der Waals surface area contributed by atoms with E-state index in [9.17, 15) is 9.59 Å². The van der Waals surface area contributed by atoms with Crippen molar-refractivity contribution in [2.45, 2.75) is 19.4 Å². The third kappa shape index (κ3) is 5.53. The maximum Gasteiger partial charge on any atom is 0.326 e. The first-order valence-electron chi connectivity index (χ1n) is 9.36. The van der Waals surface area contributed by atoms with Crippen LogP contribution in [0.15, 0.2) is 72.8 Å². The van der Waals surface area contributed by atoms with E-state index in [0.29, 0.717) is 16.5 Å². The maximum atomic E-state index is 12.2. The van der Waals surface area contributed by atoms with Gasteiger partial charge in [-0.05, 0) is 42.3 Å². The summed E-state index contributed by atoms with van der Waals surface area (Å²) in [5.74, 6) is -0.0942. The molecule has 0 radical (unpaired) electrons. The van der Waals surface area contributed by atoms with E-state index >= 15 is 0 Å². The van der Waals surface area contributed by atoms with Gasteiger partial charge in [-0.2, -0.15) is 0 Å². The quantitative estimate of drug-likeness (QED) is 0.458. The van der Waals surface area contributed by atoms with E-state index in [1.165, 1.54) is 6.07 Å². The minimum Gasteiger partial charge on any atom is -0.484 e. The summed E-state index contributed by atoms with van der Waals surface area (Å²) in [5, 5.41) is 5.42. The summed E-state index contributed by atoms with van der Waals surface area (Å²) in [4.78, 5) is 24.3. The molecule has 0 saturated carbocycles. The standard InChI is InChI=1S/C23H20Cl2N2O3/c1-2-20(15-8-4-3-5-9-15)30-21-13-12-16(14-19(21)25)26-23(29)27-22(28)17-10-6-7-11-18(17)24/h3-14,20H,2H2,1H3,(H2,26,27,28,29). The number of hydrogen-bond donors (Lipinski definition) is 2. The molecule has 3 aromatic rings. The molecule has 0 saturated heterocycles. The number of benzene rings is 3. The lowest BCUT2D eigenvalue weighted by Crippen LogP contribution is -2.34. The number of imide groups is 1. The Hall–Kier alpha value is -3.02. The topological polar surface area (TPSA) is 67.4 Å². The van der Waals surface area contributed by atoms with Gasteiger partial charge >= 0.3 is 6.03 Å². The van der Waals surface area contributed by atoms with Gasteiger partial charge in [-0.3, -0.25) is 10.1 Å². The van der Waals surface area contributed by atoms with Crippen molar-refractivity contribution in [1.82, 2.24) is 5.32 Å². The van der Waals surface area contributed by atoms with Crippen LogP contribution in [-0.4, -0.2) is 11.9 Å². The van der Waals surface area contributed by atoms with Gasteiger partial charge < -0.3 is 10.1 Å². The molecule has 3 aromatic carbocycles. The van der Waals surface area contributed by atoms with Crippen LogP contribution in [0.2, 0.25) is 10.0 Å². The zero-order chi connectivity index (χ0) is 21.5. The lowest BCUT2D eigenvalue weighted by atomic mass is 10.1. The number of nitrogens with one attached hydrogen (secondary N) is 2. The highest BCUT2D eigenvalue weighted by Crippen LogP contribution is 2.32. The average Bonchev–Trinajstić information content (AvgIpc) is 2.74. The van der Waals surface area contributed by atoms with Crippen LogP contribution in [0.1, 0.15) is 35.4 Å². The molecule has 3 rings (SSSR count). The smallest absolute Gasteiger partial charge is 0.326 e. The van der Waals surface area contributed by atoms with Crippen molar-refractivity contribution in [2.75, 3.05) is 5.32 Å². The predicted molar refractivity (Wildman–Crippen MR) is 119 cm³/mol. The number of hydrogen-bond acceptors (Lipinski definition) is 3. The van der Waals surface area contributed by atoms with E-state index in [2.05, 4.69) is 10.6 Å².